The van der Waals surface area contributed by atoms with Gasteiger partial charge in [-0.2, -0.15) is 0 Å². The molecule has 0 heterocycles. The van der Waals surface area contributed by atoms with E-state index < -0.39 is 35.0 Å². The van der Waals surface area contributed by atoms with Crippen LogP contribution in [-0.2, 0) is 28.7 Å². The van der Waals surface area contributed by atoms with Crippen molar-refractivity contribution in [3.05, 3.63) is 23.3 Å². The van der Waals surface area contributed by atoms with E-state index in [1.807, 2.05) is 0 Å². The molecule has 0 rings (SSSR count). The third-order valence-corrected chi connectivity index (χ3v) is 1.64. The molecule has 0 radical (unpaired) electrons. The van der Waals surface area contributed by atoms with Crippen LogP contribution in [0.15, 0.2) is 23.3 Å². The highest BCUT2D eigenvalue weighted by atomic mass is 16.5. The second kappa shape index (κ2) is 6.84. The second-order valence-corrected chi connectivity index (χ2v) is 2.78. The minimum absolute atomic E-state index is 0.359. The Labute approximate surface area is 101 Å². The van der Waals surface area contributed by atoms with E-state index in [9.17, 15) is 19.2 Å². The Balaban J connectivity index is 5.79. The first-order chi connectivity index (χ1) is 8.33. The highest BCUT2D eigenvalue weighted by Gasteiger charge is 2.24. The van der Waals surface area contributed by atoms with Gasteiger partial charge in [-0.25, -0.2) is 19.2 Å². The fourth-order valence-corrected chi connectivity index (χ4v) is 0.960. The molecule has 0 amide bonds. The van der Waals surface area contributed by atoms with Crippen LogP contribution in [0.4, 0.5) is 0 Å². The molecule has 18 heavy (non-hydrogen) atoms. The van der Waals surface area contributed by atoms with Gasteiger partial charge in [0.15, 0.2) is 0 Å². The fraction of sp³-hybridized carbons (Fsp3) is 0.200. The molecule has 0 aromatic heterocycles. The van der Waals surface area contributed by atoms with E-state index in [0.717, 1.165) is 14.2 Å². The van der Waals surface area contributed by atoms with Crippen LogP contribution < -0.4 is 0 Å². The molecule has 0 spiro atoms. The number of methoxy groups -OCH3 is 2. The first-order valence-electron chi connectivity index (χ1n) is 4.39. The van der Waals surface area contributed by atoms with E-state index in [1.54, 1.807) is 0 Å². The summed E-state index contributed by atoms with van der Waals surface area (Å²) >= 11 is 0. The molecule has 0 aliphatic rings. The zero-order valence-electron chi connectivity index (χ0n) is 9.50. The summed E-state index contributed by atoms with van der Waals surface area (Å²) in [4.78, 5) is 43.6. The first kappa shape index (κ1) is 15.4. The molecule has 8 heteroatoms. The molecule has 0 atom stereocenters. The monoisotopic (exact) mass is 258 g/mol. The lowest BCUT2D eigenvalue weighted by Gasteiger charge is -2.07. The standard InChI is InChI=1S/C10H10O8/c1-17-9(15)5(3-7(11)12)6(4-8(13)14)10(16)18-2/h3-4H,1-2H3,(H,11,12)(H,13,14). The van der Waals surface area contributed by atoms with Crippen molar-refractivity contribution in [1.82, 2.24) is 0 Å². The van der Waals surface area contributed by atoms with E-state index in [1.165, 1.54) is 0 Å². The summed E-state index contributed by atoms with van der Waals surface area (Å²) < 4.78 is 8.52. The number of aliphatic carboxylic acids is 2. The van der Waals surface area contributed by atoms with Crippen LogP contribution in [0.2, 0.25) is 0 Å². The van der Waals surface area contributed by atoms with Crippen LogP contribution in [0.5, 0.6) is 0 Å². The summed E-state index contributed by atoms with van der Waals surface area (Å²) in [6.45, 7) is 0. The largest absolute Gasteiger partial charge is 0.478 e. The molecule has 0 bridgehead atoms. The predicted molar refractivity (Wildman–Crippen MR) is 55.5 cm³/mol. The Kier molecular flexibility index (Phi) is 5.84. The summed E-state index contributed by atoms with van der Waals surface area (Å²) in [5.74, 6) is -5.43. The number of carbonyl (C=O) groups is 4. The van der Waals surface area contributed by atoms with Crippen molar-refractivity contribution in [2.75, 3.05) is 14.2 Å². The number of rotatable bonds is 5. The predicted octanol–water partition coefficient (Wildman–Crippen LogP) is -0.646. The van der Waals surface area contributed by atoms with Crippen LogP contribution in [0.25, 0.3) is 0 Å². The van der Waals surface area contributed by atoms with E-state index in [2.05, 4.69) is 9.47 Å². The van der Waals surface area contributed by atoms with Gasteiger partial charge in [-0.1, -0.05) is 0 Å². The second-order valence-electron chi connectivity index (χ2n) is 2.78. The Morgan fingerprint density at radius 3 is 1.22 bits per heavy atom. The number of ether oxygens (including phenoxy) is 2. The highest BCUT2D eigenvalue weighted by Crippen LogP contribution is 2.14. The lowest BCUT2D eigenvalue weighted by Crippen LogP contribution is -2.17. The van der Waals surface area contributed by atoms with Gasteiger partial charge in [0, 0.05) is 12.2 Å². The Bertz CT molecular complexity index is 401. The zero-order valence-corrected chi connectivity index (χ0v) is 9.50. The average molecular weight is 258 g/mol. The van der Waals surface area contributed by atoms with Crippen molar-refractivity contribution in [3.63, 3.8) is 0 Å². The third-order valence-electron chi connectivity index (χ3n) is 1.64. The van der Waals surface area contributed by atoms with Crippen molar-refractivity contribution in [2.24, 2.45) is 0 Å². The molecular weight excluding hydrogens is 248 g/mol. The van der Waals surface area contributed by atoms with Crippen LogP contribution in [0.1, 0.15) is 0 Å². The lowest BCUT2D eigenvalue weighted by molar-refractivity contribution is -0.140. The molecular formula is C10H10O8. The first-order valence-corrected chi connectivity index (χ1v) is 4.39. The molecule has 2 N–H and O–H groups in total. The maximum Gasteiger partial charge on any atom is 0.339 e. The van der Waals surface area contributed by atoms with Gasteiger partial charge in [-0.05, 0) is 0 Å². The van der Waals surface area contributed by atoms with Crippen LogP contribution in [-0.4, -0.2) is 48.3 Å². The summed E-state index contributed by atoms with van der Waals surface area (Å²) in [7, 11) is 1.90. The molecule has 98 valence electrons. The summed E-state index contributed by atoms with van der Waals surface area (Å²) in [5, 5.41) is 17.1. The maximum absolute atomic E-state index is 11.3. The minimum Gasteiger partial charge on any atom is -0.478 e. The molecule has 0 aliphatic heterocycles. The molecule has 0 fully saturated rings. The number of carboxylic acids is 2. The van der Waals surface area contributed by atoms with Crippen molar-refractivity contribution in [3.8, 4) is 0 Å². The molecule has 0 unspecified atom stereocenters. The Hall–Kier alpha value is -2.64. The van der Waals surface area contributed by atoms with E-state index in [4.69, 9.17) is 10.2 Å². The molecule has 0 aromatic carbocycles. The van der Waals surface area contributed by atoms with E-state index in [-0.39, 0.29) is 0 Å². The summed E-state index contributed by atoms with van der Waals surface area (Å²) in [5.41, 5.74) is -1.45. The third kappa shape index (κ3) is 4.47. The van der Waals surface area contributed by atoms with Gasteiger partial charge in [0.2, 0.25) is 0 Å². The van der Waals surface area contributed by atoms with Gasteiger partial charge in [0.05, 0.1) is 25.4 Å². The number of esters is 2. The van der Waals surface area contributed by atoms with Crippen LogP contribution in [0.3, 0.4) is 0 Å². The van der Waals surface area contributed by atoms with Gasteiger partial charge < -0.3 is 19.7 Å². The van der Waals surface area contributed by atoms with Crippen LogP contribution >= 0.6 is 0 Å². The topological polar surface area (TPSA) is 127 Å². The molecule has 0 saturated heterocycles. The fourth-order valence-electron chi connectivity index (χ4n) is 0.960. The SMILES string of the molecule is COC(=O)C(=CC(=O)O)C(=CC(=O)O)C(=O)OC. The smallest absolute Gasteiger partial charge is 0.339 e. The Morgan fingerprint density at radius 1 is 0.778 bits per heavy atom. The van der Waals surface area contributed by atoms with Crippen molar-refractivity contribution < 1.29 is 38.9 Å². The van der Waals surface area contributed by atoms with Crippen LogP contribution in [0, 0.1) is 0 Å². The number of hydrogen-bond donors (Lipinski definition) is 2. The minimum atomic E-state index is -1.55. The van der Waals surface area contributed by atoms with Crippen molar-refractivity contribution in [1.29, 1.82) is 0 Å². The summed E-state index contributed by atoms with van der Waals surface area (Å²) in [6, 6.07) is 0. The van der Waals surface area contributed by atoms with Gasteiger partial charge in [-0.15, -0.1) is 0 Å². The average Bonchev–Trinajstić information content (AvgIpc) is 2.30. The van der Waals surface area contributed by atoms with Gasteiger partial charge in [-0.3, -0.25) is 0 Å². The molecule has 0 saturated carbocycles. The normalized spacial score (nSPS) is 11.7. The summed E-state index contributed by atoms with van der Waals surface area (Å²) in [6.07, 6.45) is 0.717. The number of carboxylic acid groups (broad SMARTS) is 2. The lowest BCUT2D eigenvalue weighted by atomic mass is 10.1. The van der Waals surface area contributed by atoms with E-state index >= 15 is 0 Å². The van der Waals surface area contributed by atoms with Gasteiger partial charge in [0.25, 0.3) is 0 Å². The van der Waals surface area contributed by atoms with Gasteiger partial charge >= 0.3 is 23.9 Å². The molecule has 8 nitrogen and oxygen atoms in total. The number of hydrogen-bond acceptors (Lipinski definition) is 6. The number of carbonyl (C=O) groups excluding carboxylic acids is 2. The molecule has 0 aliphatic carbocycles. The van der Waals surface area contributed by atoms with Crippen molar-refractivity contribution >= 4 is 23.9 Å². The highest BCUT2D eigenvalue weighted by molar-refractivity contribution is 6.12. The van der Waals surface area contributed by atoms with E-state index in [0.29, 0.717) is 12.2 Å². The Morgan fingerprint density at radius 2 is 1.06 bits per heavy atom. The quantitative estimate of drug-likeness (QED) is 0.378. The van der Waals surface area contributed by atoms with Crippen molar-refractivity contribution in [2.45, 2.75) is 0 Å². The zero-order chi connectivity index (χ0) is 14.3. The van der Waals surface area contributed by atoms with Gasteiger partial charge in [0.1, 0.15) is 0 Å². The maximum atomic E-state index is 11.3. The molecule has 0 aromatic rings.